The van der Waals surface area contributed by atoms with Crippen LogP contribution in [0.4, 0.5) is 0 Å². The minimum atomic E-state index is -0.746. The highest BCUT2D eigenvalue weighted by Crippen LogP contribution is 2.00. The highest BCUT2D eigenvalue weighted by atomic mass is 16.4. The molecule has 0 rings (SSSR count). The van der Waals surface area contributed by atoms with Gasteiger partial charge in [0.05, 0.1) is 0 Å². The van der Waals surface area contributed by atoms with Gasteiger partial charge in [-0.2, -0.15) is 0 Å². The van der Waals surface area contributed by atoms with Crippen LogP contribution in [0.15, 0.2) is 36.5 Å². The molecular formula is C20H30O2. The highest BCUT2D eigenvalue weighted by molar-refractivity contribution is 5.66. The molecule has 0 saturated heterocycles. The fourth-order valence-electron chi connectivity index (χ4n) is 1.80. The molecule has 0 unspecified atom stereocenters. The smallest absolute Gasteiger partial charge is 0.303 e. The number of rotatable bonds is 12. The normalized spacial score (nSPS) is 11.3. The summed E-state index contributed by atoms with van der Waals surface area (Å²) in [6.45, 7) is 2.23. The molecule has 0 aliphatic rings. The largest absolute Gasteiger partial charge is 0.481 e. The van der Waals surface area contributed by atoms with Crippen LogP contribution in [-0.4, -0.2) is 11.1 Å². The van der Waals surface area contributed by atoms with E-state index in [0.717, 1.165) is 19.3 Å². The van der Waals surface area contributed by atoms with Gasteiger partial charge in [0.2, 0.25) is 0 Å². The van der Waals surface area contributed by atoms with E-state index in [2.05, 4.69) is 55.2 Å². The monoisotopic (exact) mass is 302 g/mol. The topological polar surface area (TPSA) is 37.3 Å². The molecule has 0 amide bonds. The molecule has 0 aromatic carbocycles. The maximum absolute atomic E-state index is 10.3. The molecule has 0 heterocycles. The first kappa shape index (κ1) is 20.2. The summed E-state index contributed by atoms with van der Waals surface area (Å²) >= 11 is 0. The van der Waals surface area contributed by atoms with Crippen LogP contribution in [0.1, 0.15) is 71.1 Å². The molecule has 0 atom stereocenters. The molecule has 2 heteroatoms. The lowest BCUT2D eigenvalue weighted by atomic mass is 10.2. The lowest BCUT2D eigenvalue weighted by molar-refractivity contribution is -0.137. The number of aliphatic carboxylic acids is 1. The standard InChI is InChI=1S/C20H30O2/c1-2-3-4-5-6-7-8-9-10-11-12-13-14-15-16-17-18-19-20(21)22/h6-7,9-10,12-13H,2-5,8,11,14,17-19H2,1H3,(H,21,22)/b7-6?,10-9?,13-12-. The van der Waals surface area contributed by atoms with Gasteiger partial charge in [-0.3, -0.25) is 4.79 Å². The van der Waals surface area contributed by atoms with E-state index in [1.807, 2.05) is 0 Å². The van der Waals surface area contributed by atoms with Crippen molar-refractivity contribution in [3.63, 3.8) is 0 Å². The van der Waals surface area contributed by atoms with Crippen LogP contribution in [0.25, 0.3) is 0 Å². The van der Waals surface area contributed by atoms with Gasteiger partial charge in [-0.15, -0.1) is 5.92 Å². The molecule has 0 aromatic rings. The van der Waals surface area contributed by atoms with Gasteiger partial charge in [0, 0.05) is 19.3 Å². The molecule has 122 valence electrons. The van der Waals surface area contributed by atoms with Crippen LogP contribution in [0, 0.1) is 11.8 Å². The maximum atomic E-state index is 10.3. The van der Waals surface area contributed by atoms with Crippen molar-refractivity contribution in [3.05, 3.63) is 36.5 Å². The van der Waals surface area contributed by atoms with E-state index in [9.17, 15) is 4.79 Å². The maximum Gasteiger partial charge on any atom is 0.303 e. The second-order valence-corrected chi connectivity index (χ2v) is 5.19. The van der Waals surface area contributed by atoms with Gasteiger partial charge < -0.3 is 5.11 Å². The summed E-state index contributed by atoms with van der Waals surface area (Å²) in [7, 11) is 0. The lowest BCUT2D eigenvalue weighted by Crippen LogP contribution is -1.92. The van der Waals surface area contributed by atoms with E-state index in [-0.39, 0.29) is 6.42 Å². The van der Waals surface area contributed by atoms with Crippen molar-refractivity contribution in [2.75, 3.05) is 0 Å². The predicted octanol–water partition coefficient (Wildman–Crippen LogP) is 5.66. The van der Waals surface area contributed by atoms with Gasteiger partial charge >= 0.3 is 5.97 Å². The van der Waals surface area contributed by atoms with Crippen LogP contribution >= 0.6 is 0 Å². The third kappa shape index (κ3) is 18.2. The molecule has 0 bridgehead atoms. The molecule has 0 spiro atoms. The number of allylic oxidation sites excluding steroid dienone is 6. The highest BCUT2D eigenvalue weighted by Gasteiger charge is 1.92. The average molecular weight is 302 g/mol. The van der Waals surface area contributed by atoms with Crippen LogP contribution in [0.5, 0.6) is 0 Å². The van der Waals surface area contributed by atoms with E-state index >= 15 is 0 Å². The summed E-state index contributed by atoms with van der Waals surface area (Å²) < 4.78 is 0. The van der Waals surface area contributed by atoms with Crippen LogP contribution < -0.4 is 0 Å². The number of carboxylic acids is 1. The number of carbonyl (C=O) groups is 1. The van der Waals surface area contributed by atoms with E-state index < -0.39 is 5.97 Å². The van der Waals surface area contributed by atoms with E-state index in [1.165, 1.54) is 25.7 Å². The summed E-state index contributed by atoms with van der Waals surface area (Å²) in [6, 6.07) is 0. The van der Waals surface area contributed by atoms with Crippen molar-refractivity contribution in [1.29, 1.82) is 0 Å². The van der Waals surface area contributed by atoms with Crippen molar-refractivity contribution < 1.29 is 9.90 Å². The van der Waals surface area contributed by atoms with Gasteiger partial charge in [-0.1, -0.05) is 62.1 Å². The number of hydrogen-bond acceptors (Lipinski definition) is 1. The van der Waals surface area contributed by atoms with Gasteiger partial charge in [0.25, 0.3) is 0 Å². The van der Waals surface area contributed by atoms with Gasteiger partial charge in [0.1, 0.15) is 0 Å². The Labute approximate surface area is 136 Å². The van der Waals surface area contributed by atoms with Crippen molar-refractivity contribution >= 4 is 5.97 Å². The summed E-state index contributed by atoms with van der Waals surface area (Å²) in [5.41, 5.74) is 0. The molecule has 1 N–H and O–H groups in total. The van der Waals surface area contributed by atoms with Crippen molar-refractivity contribution in [2.45, 2.75) is 71.1 Å². The number of unbranched alkanes of at least 4 members (excludes halogenated alkanes) is 4. The second-order valence-electron chi connectivity index (χ2n) is 5.19. The molecule has 0 aliphatic heterocycles. The Morgan fingerprint density at radius 3 is 2.27 bits per heavy atom. The zero-order chi connectivity index (χ0) is 16.3. The zero-order valence-corrected chi connectivity index (χ0v) is 13.9. The Kier molecular flexibility index (Phi) is 15.9. The van der Waals surface area contributed by atoms with E-state index in [1.54, 1.807) is 0 Å². The number of hydrogen-bond donors (Lipinski definition) is 1. The third-order valence-electron chi connectivity index (χ3n) is 3.06. The Balaban J connectivity index is 3.44. The molecule has 0 aromatic heterocycles. The molecular weight excluding hydrogens is 272 g/mol. The van der Waals surface area contributed by atoms with Crippen LogP contribution in [0.2, 0.25) is 0 Å². The first-order valence-corrected chi connectivity index (χ1v) is 8.39. The SMILES string of the molecule is CCCCCC=CCC=CC/C=C\CC#CCCCC(=O)O. The predicted molar refractivity (Wildman–Crippen MR) is 94.7 cm³/mol. The number of carboxylic acid groups (broad SMARTS) is 1. The molecule has 0 aliphatic carbocycles. The third-order valence-corrected chi connectivity index (χ3v) is 3.06. The Morgan fingerprint density at radius 2 is 1.59 bits per heavy atom. The van der Waals surface area contributed by atoms with Crippen LogP contribution in [-0.2, 0) is 4.79 Å². The zero-order valence-electron chi connectivity index (χ0n) is 13.9. The molecule has 0 radical (unpaired) electrons. The lowest BCUT2D eigenvalue weighted by Gasteiger charge is -1.90. The first-order valence-electron chi connectivity index (χ1n) is 8.39. The summed E-state index contributed by atoms with van der Waals surface area (Å²) in [6.07, 6.45) is 22.4. The van der Waals surface area contributed by atoms with Crippen molar-refractivity contribution in [2.24, 2.45) is 0 Å². The Bertz CT molecular complexity index is 405. The van der Waals surface area contributed by atoms with E-state index in [0.29, 0.717) is 12.8 Å². The quantitative estimate of drug-likeness (QED) is 0.287. The molecule has 0 saturated carbocycles. The average Bonchev–Trinajstić information content (AvgIpc) is 2.50. The first-order chi connectivity index (χ1) is 10.8. The van der Waals surface area contributed by atoms with Gasteiger partial charge in [-0.05, 0) is 32.1 Å². The van der Waals surface area contributed by atoms with Crippen molar-refractivity contribution in [1.82, 2.24) is 0 Å². The molecule has 0 fully saturated rings. The second kappa shape index (κ2) is 17.3. The summed E-state index contributed by atoms with van der Waals surface area (Å²) in [4.78, 5) is 10.3. The van der Waals surface area contributed by atoms with Gasteiger partial charge in [-0.25, -0.2) is 0 Å². The molecule has 2 nitrogen and oxygen atoms in total. The Morgan fingerprint density at radius 1 is 0.909 bits per heavy atom. The van der Waals surface area contributed by atoms with Crippen LogP contribution in [0.3, 0.4) is 0 Å². The van der Waals surface area contributed by atoms with Crippen molar-refractivity contribution in [3.8, 4) is 11.8 Å². The fourth-order valence-corrected chi connectivity index (χ4v) is 1.80. The van der Waals surface area contributed by atoms with E-state index in [4.69, 9.17) is 5.11 Å². The summed E-state index contributed by atoms with van der Waals surface area (Å²) in [5, 5.41) is 8.47. The van der Waals surface area contributed by atoms with Gasteiger partial charge in [0.15, 0.2) is 0 Å². The molecule has 22 heavy (non-hydrogen) atoms. The minimum Gasteiger partial charge on any atom is -0.481 e. The fraction of sp³-hybridized carbons (Fsp3) is 0.550. The summed E-state index contributed by atoms with van der Waals surface area (Å²) in [5.74, 6) is 5.27. The minimum absolute atomic E-state index is 0.211. The Hall–Kier alpha value is -1.75.